The molecule has 0 aliphatic carbocycles. The Balaban J connectivity index is 4.31. The Morgan fingerprint density at radius 2 is 1.76 bits per heavy atom. The van der Waals surface area contributed by atoms with Crippen molar-refractivity contribution in [2.45, 2.75) is 47.1 Å². The van der Waals surface area contributed by atoms with E-state index in [1.807, 2.05) is 34.6 Å². The summed E-state index contributed by atoms with van der Waals surface area (Å²) >= 11 is 0. The number of hydrogen-bond acceptors (Lipinski definition) is 3. The maximum Gasteiger partial charge on any atom is 0.410 e. The summed E-state index contributed by atoms with van der Waals surface area (Å²) in [6, 6.07) is 0. The number of nitrogens with one attached hydrogen (secondary N) is 2. The lowest BCUT2D eigenvalue weighted by Gasteiger charge is -2.26. The first-order valence-corrected chi connectivity index (χ1v) is 7.65. The summed E-state index contributed by atoms with van der Waals surface area (Å²) in [5.41, 5.74) is -0.462. The molecule has 0 saturated heterocycles. The van der Waals surface area contributed by atoms with E-state index in [9.17, 15) is 4.79 Å². The van der Waals surface area contributed by atoms with Gasteiger partial charge in [0.25, 0.3) is 0 Å². The number of nitrogens with zero attached hydrogens (tertiary/aromatic N) is 2. The van der Waals surface area contributed by atoms with Gasteiger partial charge < -0.3 is 20.3 Å². The molecule has 1 atom stereocenters. The van der Waals surface area contributed by atoms with Gasteiger partial charge >= 0.3 is 6.09 Å². The van der Waals surface area contributed by atoms with Crippen molar-refractivity contribution in [3.63, 3.8) is 0 Å². The van der Waals surface area contributed by atoms with Crippen molar-refractivity contribution in [2.24, 2.45) is 10.9 Å². The molecule has 0 aromatic rings. The van der Waals surface area contributed by atoms with E-state index >= 15 is 0 Å². The van der Waals surface area contributed by atoms with Gasteiger partial charge in [0.05, 0.1) is 0 Å². The van der Waals surface area contributed by atoms with Crippen LogP contribution in [0.25, 0.3) is 0 Å². The summed E-state index contributed by atoms with van der Waals surface area (Å²) < 4.78 is 5.33. The van der Waals surface area contributed by atoms with Gasteiger partial charge in [0.2, 0.25) is 0 Å². The molecule has 1 amide bonds. The second-order valence-electron chi connectivity index (χ2n) is 6.22. The zero-order valence-corrected chi connectivity index (χ0v) is 14.6. The van der Waals surface area contributed by atoms with Crippen LogP contribution in [0.3, 0.4) is 0 Å². The van der Waals surface area contributed by atoms with Crippen LogP contribution in [0.2, 0.25) is 0 Å². The maximum atomic E-state index is 11.9. The topological polar surface area (TPSA) is 66.0 Å². The van der Waals surface area contributed by atoms with Crippen LogP contribution < -0.4 is 10.6 Å². The molecule has 0 saturated carbocycles. The normalized spacial score (nSPS) is 12.3. The molecule has 6 heteroatoms. The average Bonchev–Trinajstić information content (AvgIpc) is 2.34. The standard InChI is InChI=1S/C15H32N4O2/c1-8-16-13(17-9-2)18-10-12(3)11-19(7)14(20)21-15(4,5)6/h12H,8-11H2,1-7H3,(H2,16,17,18). The van der Waals surface area contributed by atoms with E-state index in [0.29, 0.717) is 13.1 Å². The number of rotatable bonds is 6. The van der Waals surface area contributed by atoms with Crippen LogP contribution in [0.1, 0.15) is 41.5 Å². The number of guanidine groups is 1. The summed E-state index contributed by atoms with van der Waals surface area (Å²) in [5.74, 6) is 1.07. The fraction of sp³-hybridized carbons (Fsp3) is 0.867. The Morgan fingerprint density at radius 3 is 2.19 bits per heavy atom. The number of aliphatic imine (C=N–C) groups is 1. The first kappa shape index (κ1) is 19.5. The van der Waals surface area contributed by atoms with Crippen LogP contribution in [0.5, 0.6) is 0 Å². The van der Waals surface area contributed by atoms with E-state index in [-0.39, 0.29) is 12.0 Å². The fourth-order valence-corrected chi connectivity index (χ4v) is 1.70. The van der Waals surface area contributed by atoms with Gasteiger partial charge in [-0.2, -0.15) is 0 Å². The van der Waals surface area contributed by atoms with Gasteiger partial charge in [0.15, 0.2) is 5.96 Å². The highest BCUT2D eigenvalue weighted by molar-refractivity contribution is 5.79. The highest BCUT2D eigenvalue weighted by atomic mass is 16.6. The zero-order chi connectivity index (χ0) is 16.5. The highest BCUT2D eigenvalue weighted by Gasteiger charge is 2.20. The molecule has 1 unspecified atom stereocenters. The molecule has 0 aliphatic heterocycles. The second-order valence-corrected chi connectivity index (χ2v) is 6.22. The first-order chi connectivity index (χ1) is 9.69. The molecule has 0 aliphatic rings. The van der Waals surface area contributed by atoms with Gasteiger partial charge in [-0.05, 0) is 40.5 Å². The largest absolute Gasteiger partial charge is 0.444 e. The van der Waals surface area contributed by atoms with Crippen molar-refractivity contribution in [1.29, 1.82) is 0 Å². The molecule has 21 heavy (non-hydrogen) atoms. The third-order valence-corrected chi connectivity index (χ3v) is 2.54. The van der Waals surface area contributed by atoms with Crippen LogP contribution in [-0.4, -0.2) is 55.8 Å². The molecule has 0 spiro atoms. The summed E-state index contributed by atoms with van der Waals surface area (Å²) in [7, 11) is 1.75. The minimum absolute atomic E-state index is 0.259. The van der Waals surface area contributed by atoms with E-state index in [1.165, 1.54) is 0 Å². The lowest BCUT2D eigenvalue weighted by molar-refractivity contribution is 0.0279. The minimum atomic E-state index is -0.462. The molecule has 2 N–H and O–H groups in total. The molecule has 0 rings (SSSR count). The third kappa shape index (κ3) is 9.98. The highest BCUT2D eigenvalue weighted by Crippen LogP contribution is 2.10. The lowest BCUT2D eigenvalue weighted by atomic mass is 10.2. The van der Waals surface area contributed by atoms with Gasteiger partial charge in [-0.25, -0.2) is 4.79 Å². The molecule has 6 nitrogen and oxygen atoms in total. The van der Waals surface area contributed by atoms with E-state index in [2.05, 4.69) is 22.5 Å². The Labute approximate surface area is 129 Å². The number of hydrogen-bond donors (Lipinski definition) is 2. The molecule has 0 aromatic carbocycles. The molecular weight excluding hydrogens is 268 g/mol. The molecule has 0 aromatic heterocycles. The van der Waals surface area contributed by atoms with Gasteiger partial charge in [-0.3, -0.25) is 4.99 Å². The quantitative estimate of drug-likeness (QED) is 0.582. The maximum absolute atomic E-state index is 11.9. The Bertz CT molecular complexity index is 329. The summed E-state index contributed by atoms with van der Waals surface area (Å²) in [6.07, 6.45) is -0.295. The molecular formula is C15H32N4O2. The zero-order valence-electron chi connectivity index (χ0n) is 14.6. The third-order valence-electron chi connectivity index (χ3n) is 2.54. The first-order valence-electron chi connectivity index (χ1n) is 7.65. The van der Waals surface area contributed by atoms with Gasteiger partial charge in [0.1, 0.15) is 5.60 Å². The van der Waals surface area contributed by atoms with Gasteiger partial charge in [0, 0.05) is 33.2 Å². The van der Waals surface area contributed by atoms with Crippen molar-refractivity contribution in [1.82, 2.24) is 15.5 Å². The van der Waals surface area contributed by atoms with Crippen LogP contribution in [-0.2, 0) is 4.74 Å². The van der Waals surface area contributed by atoms with Gasteiger partial charge in [-0.1, -0.05) is 6.92 Å². The summed E-state index contributed by atoms with van der Waals surface area (Å²) in [5, 5.41) is 6.36. The van der Waals surface area contributed by atoms with Gasteiger partial charge in [-0.15, -0.1) is 0 Å². The predicted octanol–water partition coefficient (Wildman–Crippen LogP) is 2.06. The molecule has 124 valence electrons. The van der Waals surface area contributed by atoms with E-state index < -0.39 is 5.60 Å². The SMILES string of the molecule is CCNC(=NCC(C)CN(C)C(=O)OC(C)(C)C)NCC. The van der Waals surface area contributed by atoms with E-state index in [4.69, 9.17) is 4.74 Å². The summed E-state index contributed by atoms with van der Waals surface area (Å²) in [4.78, 5) is 18.0. The number of carbonyl (C=O) groups excluding carboxylic acids is 1. The smallest absolute Gasteiger partial charge is 0.410 e. The monoisotopic (exact) mass is 300 g/mol. The Morgan fingerprint density at radius 1 is 1.24 bits per heavy atom. The number of carbonyl (C=O) groups is 1. The fourth-order valence-electron chi connectivity index (χ4n) is 1.70. The van der Waals surface area contributed by atoms with Crippen molar-refractivity contribution < 1.29 is 9.53 Å². The molecule has 0 bridgehead atoms. The average molecular weight is 300 g/mol. The van der Waals surface area contributed by atoms with Crippen molar-refractivity contribution in [2.75, 3.05) is 33.2 Å². The Kier molecular flexibility index (Phi) is 8.81. The predicted molar refractivity (Wildman–Crippen MR) is 87.7 cm³/mol. The van der Waals surface area contributed by atoms with E-state index in [0.717, 1.165) is 19.0 Å². The van der Waals surface area contributed by atoms with Crippen LogP contribution in [0, 0.1) is 5.92 Å². The second kappa shape index (κ2) is 9.47. The van der Waals surface area contributed by atoms with Crippen LogP contribution in [0.15, 0.2) is 4.99 Å². The van der Waals surface area contributed by atoms with E-state index in [1.54, 1.807) is 11.9 Å². The number of ether oxygens (including phenoxy) is 1. The number of amides is 1. The van der Waals surface area contributed by atoms with Crippen molar-refractivity contribution >= 4 is 12.1 Å². The molecule has 0 radical (unpaired) electrons. The lowest BCUT2D eigenvalue weighted by Crippen LogP contribution is -2.39. The van der Waals surface area contributed by atoms with Crippen LogP contribution in [0.4, 0.5) is 4.79 Å². The van der Waals surface area contributed by atoms with Crippen molar-refractivity contribution in [3.8, 4) is 0 Å². The Hall–Kier alpha value is -1.46. The minimum Gasteiger partial charge on any atom is -0.444 e. The van der Waals surface area contributed by atoms with Crippen LogP contribution >= 0.6 is 0 Å². The molecule has 0 heterocycles. The van der Waals surface area contributed by atoms with Crippen molar-refractivity contribution in [3.05, 3.63) is 0 Å². The summed E-state index contributed by atoms with van der Waals surface area (Å²) in [6.45, 7) is 14.7. The molecule has 0 fully saturated rings.